The van der Waals surface area contributed by atoms with E-state index in [-0.39, 0.29) is 27.4 Å². The van der Waals surface area contributed by atoms with E-state index < -0.39 is 16.0 Å². The number of aliphatic carboxylic acids is 1. The Kier molecular flexibility index (Phi) is 6.22. The van der Waals surface area contributed by atoms with Crippen molar-refractivity contribution in [1.29, 1.82) is 0 Å². The van der Waals surface area contributed by atoms with Crippen LogP contribution in [0.1, 0.15) is 19.4 Å². The molecule has 2 N–H and O–H groups in total. The normalized spacial score (nSPS) is 12.2. The molecule has 0 spiro atoms. The number of nitrogens with one attached hydrogen (secondary N) is 1. The average Bonchev–Trinajstić information content (AvgIpc) is 2.33. The lowest BCUT2D eigenvalue weighted by Crippen LogP contribution is -2.28. The first-order valence-electron chi connectivity index (χ1n) is 6.03. The molecule has 0 aromatic heterocycles. The van der Waals surface area contributed by atoms with Gasteiger partial charge in [-0.1, -0.05) is 37.0 Å². The number of carboxylic acid groups (broad SMARTS) is 1. The predicted molar refractivity (Wildman–Crippen MR) is 83.2 cm³/mol. The zero-order valence-electron chi connectivity index (χ0n) is 11.4. The van der Waals surface area contributed by atoms with Gasteiger partial charge in [0.25, 0.3) is 0 Å². The van der Waals surface area contributed by atoms with E-state index in [0.717, 1.165) is 6.08 Å². The quantitative estimate of drug-likeness (QED) is 0.771. The van der Waals surface area contributed by atoms with Gasteiger partial charge in [-0.25, -0.2) is 17.9 Å². The van der Waals surface area contributed by atoms with E-state index in [4.69, 9.17) is 28.3 Å². The lowest BCUT2D eigenvalue weighted by atomic mass is 10.2. The van der Waals surface area contributed by atoms with E-state index in [1.54, 1.807) is 0 Å². The van der Waals surface area contributed by atoms with Crippen molar-refractivity contribution in [3.05, 3.63) is 33.8 Å². The van der Waals surface area contributed by atoms with E-state index in [9.17, 15) is 13.2 Å². The summed E-state index contributed by atoms with van der Waals surface area (Å²) < 4.78 is 26.7. The van der Waals surface area contributed by atoms with Crippen molar-refractivity contribution in [3.63, 3.8) is 0 Å². The molecule has 1 aromatic rings. The van der Waals surface area contributed by atoms with Crippen LogP contribution in [0.4, 0.5) is 0 Å². The van der Waals surface area contributed by atoms with Crippen LogP contribution in [0.3, 0.4) is 0 Å². The molecule has 8 heteroatoms. The summed E-state index contributed by atoms with van der Waals surface area (Å²) in [4.78, 5) is 10.2. The molecule has 5 nitrogen and oxygen atoms in total. The smallest absolute Gasteiger partial charge is 0.328 e. The molecular weight excluding hydrogens is 337 g/mol. The Morgan fingerprint density at radius 1 is 1.33 bits per heavy atom. The average molecular weight is 352 g/mol. The minimum atomic E-state index is -3.82. The van der Waals surface area contributed by atoms with Gasteiger partial charge in [-0.3, -0.25) is 0 Å². The van der Waals surface area contributed by atoms with Crippen LogP contribution in [0.25, 0.3) is 6.08 Å². The number of benzene rings is 1. The number of carboxylic acids is 1. The fourth-order valence-corrected chi connectivity index (χ4v) is 3.89. The maximum Gasteiger partial charge on any atom is 0.328 e. The van der Waals surface area contributed by atoms with Crippen LogP contribution < -0.4 is 4.72 Å². The van der Waals surface area contributed by atoms with Gasteiger partial charge in [0.15, 0.2) is 0 Å². The minimum absolute atomic E-state index is 0.0659. The van der Waals surface area contributed by atoms with E-state index in [1.165, 1.54) is 18.2 Å². The van der Waals surface area contributed by atoms with Crippen molar-refractivity contribution in [2.45, 2.75) is 18.7 Å². The first kappa shape index (κ1) is 18.0. The van der Waals surface area contributed by atoms with Crippen molar-refractivity contribution in [1.82, 2.24) is 4.72 Å². The van der Waals surface area contributed by atoms with Crippen LogP contribution in [-0.2, 0) is 14.8 Å². The van der Waals surface area contributed by atoms with Crippen LogP contribution in [0, 0.1) is 5.92 Å². The zero-order chi connectivity index (χ0) is 16.2. The van der Waals surface area contributed by atoms with Gasteiger partial charge < -0.3 is 5.11 Å². The summed E-state index contributed by atoms with van der Waals surface area (Å²) in [7, 11) is -3.82. The molecule has 1 aromatic carbocycles. The Morgan fingerprint density at radius 2 is 1.86 bits per heavy atom. The Balaban J connectivity index is 3.18. The number of halogens is 2. The van der Waals surface area contributed by atoms with Gasteiger partial charge in [-0.05, 0) is 29.7 Å². The first-order chi connectivity index (χ1) is 9.63. The molecule has 21 heavy (non-hydrogen) atoms. The second kappa shape index (κ2) is 7.26. The van der Waals surface area contributed by atoms with Gasteiger partial charge in [0.1, 0.15) is 4.90 Å². The molecule has 0 saturated heterocycles. The topological polar surface area (TPSA) is 83.5 Å². The van der Waals surface area contributed by atoms with Crippen LogP contribution in [0.5, 0.6) is 0 Å². The highest BCUT2D eigenvalue weighted by atomic mass is 35.5. The standard InChI is InChI=1S/C13H15Cl2NO4S/c1-8(2)7-16-21(19,20)13-10(14)5-9(6-11(13)15)3-4-12(17)18/h3-6,8,16H,7H2,1-2H3,(H,17,18). The van der Waals surface area contributed by atoms with Crippen LogP contribution in [0.15, 0.2) is 23.1 Å². The predicted octanol–water partition coefficient (Wildman–Crippen LogP) is 3.03. The van der Waals surface area contributed by atoms with Crippen molar-refractivity contribution in [2.75, 3.05) is 6.54 Å². The number of hydrogen-bond acceptors (Lipinski definition) is 3. The summed E-state index contributed by atoms with van der Waals surface area (Å²) in [5.41, 5.74) is 0.398. The van der Waals surface area contributed by atoms with Crippen molar-refractivity contribution in [2.24, 2.45) is 5.92 Å². The molecule has 1 rings (SSSR count). The number of sulfonamides is 1. The molecule has 0 fully saturated rings. The zero-order valence-corrected chi connectivity index (χ0v) is 13.8. The third kappa shape index (κ3) is 5.32. The van der Waals surface area contributed by atoms with Crippen molar-refractivity contribution < 1.29 is 18.3 Å². The van der Waals surface area contributed by atoms with E-state index in [1.807, 2.05) is 13.8 Å². The Labute approximate surface area is 133 Å². The maximum atomic E-state index is 12.2. The lowest BCUT2D eigenvalue weighted by Gasteiger charge is -2.12. The van der Waals surface area contributed by atoms with E-state index >= 15 is 0 Å². The fraction of sp³-hybridized carbons (Fsp3) is 0.308. The Bertz CT molecular complexity index is 646. The minimum Gasteiger partial charge on any atom is -0.478 e. The molecule has 0 bridgehead atoms. The summed E-state index contributed by atoms with van der Waals surface area (Å²) in [6.45, 7) is 3.99. The molecule has 0 atom stereocenters. The van der Waals surface area contributed by atoms with Crippen LogP contribution >= 0.6 is 23.2 Å². The van der Waals surface area contributed by atoms with E-state index in [0.29, 0.717) is 5.56 Å². The second-order valence-electron chi connectivity index (χ2n) is 4.73. The highest BCUT2D eigenvalue weighted by Crippen LogP contribution is 2.31. The van der Waals surface area contributed by atoms with E-state index in [2.05, 4.69) is 4.72 Å². The highest BCUT2D eigenvalue weighted by Gasteiger charge is 2.22. The number of hydrogen-bond donors (Lipinski definition) is 2. The Hall–Kier alpha value is -1.08. The SMILES string of the molecule is CC(C)CNS(=O)(=O)c1c(Cl)cc(C=CC(=O)O)cc1Cl. The monoisotopic (exact) mass is 351 g/mol. The molecule has 0 aliphatic carbocycles. The van der Waals surface area contributed by atoms with Crippen LogP contribution in [0.2, 0.25) is 10.0 Å². The summed E-state index contributed by atoms with van der Waals surface area (Å²) in [6, 6.07) is 2.69. The molecule has 0 unspecified atom stereocenters. The van der Waals surface area contributed by atoms with Gasteiger partial charge >= 0.3 is 5.97 Å². The molecule has 0 amide bonds. The largest absolute Gasteiger partial charge is 0.478 e. The van der Waals surface area contributed by atoms with Gasteiger partial charge in [-0.15, -0.1) is 0 Å². The number of carbonyl (C=O) groups is 1. The van der Waals surface area contributed by atoms with Gasteiger partial charge in [-0.2, -0.15) is 0 Å². The molecule has 0 radical (unpaired) electrons. The summed E-state index contributed by atoms with van der Waals surface area (Å²) in [5.74, 6) is -0.993. The summed E-state index contributed by atoms with van der Waals surface area (Å²) >= 11 is 11.9. The summed E-state index contributed by atoms with van der Waals surface area (Å²) in [6.07, 6.45) is 2.19. The molecule has 0 aliphatic rings. The molecule has 0 heterocycles. The second-order valence-corrected chi connectivity index (χ2v) is 7.25. The third-order valence-corrected chi connectivity index (χ3v) is 4.73. The van der Waals surface area contributed by atoms with Gasteiger partial charge in [0, 0.05) is 12.6 Å². The molecule has 116 valence electrons. The molecule has 0 saturated carbocycles. The lowest BCUT2D eigenvalue weighted by molar-refractivity contribution is -0.131. The van der Waals surface area contributed by atoms with Crippen LogP contribution in [-0.4, -0.2) is 26.0 Å². The number of rotatable bonds is 6. The third-order valence-electron chi connectivity index (χ3n) is 2.39. The maximum absolute atomic E-state index is 12.2. The van der Waals surface area contributed by atoms with Crippen molar-refractivity contribution in [3.8, 4) is 0 Å². The van der Waals surface area contributed by atoms with Gasteiger partial charge in [0.05, 0.1) is 10.0 Å². The Morgan fingerprint density at radius 3 is 2.29 bits per heavy atom. The molecular formula is C13H15Cl2NO4S. The fourth-order valence-electron chi connectivity index (χ4n) is 1.45. The highest BCUT2D eigenvalue weighted by molar-refractivity contribution is 7.89. The first-order valence-corrected chi connectivity index (χ1v) is 8.27. The van der Waals surface area contributed by atoms with Crippen molar-refractivity contribution >= 4 is 45.3 Å². The summed E-state index contributed by atoms with van der Waals surface area (Å²) in [5, 5.41) is 8.43. The molecule has 0 aliphatic heterocycles. The van der Waals surface area contributed by atoms with Gasteiger partial charge in [0.2, 0.25) is 10.0 Å².